The van der Waals surface area contributed by atoms with Gasteiger partial charge in [-0.3, -0.25) is 0 Å². The molecule has 1 amide bonds. The number of piperidine rings is 1. The standard InChI is InChI=1S/C19H24ClF2N5O3/c1-19(2,3)30-18(29)25-13-4-5-26(10-15(13)28)14-6-16(20)23-8-12(14)11-7-24-27(9-11)17(21)22/h6-9,13,15,17,28H,4-5,10H2,1-3H3,(H,25,29)/t13-,15-/m1/s1. The van der Waals surface area contributed by atoms with Gasteiger partial charge in [0.1, 0.15) is 10.8 Å². The zero-order chi connectivity index (χ0) is 22.1. The van der Waals surface area contributed by atoms with Gasteiger partial charge in [-0.05, 0) is 33.3 Å². The molecule has 1 fully saturated rings. The molecule has 0 unspecified atom stereocenters. The van der Waals surface area contributed by atoms with Crippen LogP contribution in [0.3, 0.4) is 0 Å². The van der Waals surface area contributed by atoms with Crippen LogP contribution in [0.25, 0.3) is 11.1 Å². The quantitative estimate of drug-likeness (QED) is 0.703. The second kappa shape index (κ2) is 8.73. The SMILES string of the molecule is CC(C)(C)OC(=O)N[C@@H]1CCN(c2cc(Cl)ncc2-c2cnn(C(F)F)c2)C[C@H]1O. The summed E-state index contributed by atoms with van der Waals surface area (Å²) in [7, 11) is 0. The van der Waals surface area contributed by atoms with Crippen molar-refractivity contribution in [1.82, 2.24) is 20.1 Å². The van der Waals surface area contributed by atoms with E-state index in [1.54, 1.807) is 26.8 Å². The Morgan fingerprint density at radius 2 is 2.13 bits per heavy atom. The van der Waals surface area contributed by atoms with Gasteiger partial charge in [-0.25, -0.2) is 14.5 Å². The number of nitrogens with one attached hydrogen (secondary N) is 1. The van der Waals surface area contributed by atoms with Crippen LogP contribution in [0.2, 0.25) is 5.15 Å². The number of carbonyl (C=O) groups excluding carboxylic acids is 1. The number of halogens is 3. The molecule has 0 radical (unpaired) electrons. The summed E-state index contributed by atoms with van der Waals surface area (Å²) in [6, 6.07) is 1.14. The maximum Gasteiger partial charge on any atom is 0.407 e. The molecule has 0 saturated carbocycles. The molecule has 0 aromatic carbocycles. The zero-order valence-corrected chi connectivity index (χ0v) is 17.6. The van der Waals surface area contributed by atoms with Crippen molar-refractivity contribution < 1.29 is 23.4 Å². The molecule has 30 heavy (non-hydrogen) atoms. The number of hydrogen-bond acceptors (Lipinski definition) is 6. The second-order valence-corrected chi connectivity index (χ2v) is 8.45. The Morgan fingerprint density at radius 1 is 1.40 bits per heavy atom. The largest absolute Gasteiger partial charge is 0.444 e. The zero-order valence-electron chi connectivity index (χ0n) is 16.8. The van der Waals surface area contributed by atoms with Crippen molar-refractivity contribution in [3.05, 3.63) is 29.8 Å². The van der Waals surface area contributed by atoms with Crippen LogP contribution in [0.1, 0.15) is 33.7 Å². The molecule has 3 rings (SSSR count). The lowest BCUT2D eigenvalue weighted by Gasteiger charge is -2.38. The van der Waals surface area contributed by atoms with Crippen molar-refractivity contribution >= 4 is 23.4 Å². The van der Waals surface area contributed by atoms with E-state index in [9.17, 15) is 18.7 Å². The summed E-state index contributed by atoms with van der Waals surface area (Å²) in [5.74, 6) is 0. The number of aliphatic hydroxyl groups excluding tert-OH is 1. The number of aromatic nitrogens is 3. The molecule has 0 spiro atoms. The highest BCUT2D eigenvalue weighted by Gasteiger charge is 2.31. The number of alkyl carbamates (subject to hydrolysis) is 1. The number of alkyl halides is 2. The van der Waals surface area contributed by atoms with E-state index in [0.717, 1.165) is 0 Å². The Morgan fingerprint density at radius 3 is 2.73 bits per heavy atom. The summed E-state index contributed by atoms with van der Waals surface area (Å²) >= 11 is 6.06. The van der Waals surface area contributed by atoms with Gasteiger partial charge in [0.15, 0.2) is 0 Å². The summed E-state index contributed by atoms with van der Waals surface area (Å²) in [5.41, 5.74) is 1.02. The van der Waals surface area contributed by atoms with Gasteiger partial charge < -0.3 is 20.1 Å². The number of amides is 1. The van der Waals surface area contributed by atoms with Crippen LogP contribution < -0.4 is 10.2 Å². The number of pyridine rings is 1. The molecule has 1 saturated heterocycles. The first kappa shape index (κ1) is 22.2. The summed E-state index contributed by atoms with van der Waals surface area (Å²) in [5, 5.41) is 17.2. The van der Waals surface area contributed by atoms with Crippen molar-refractivity contribution in [1.29, 1.82) is 0 Å². The average molecular weight is 444 g/mol. The molecule has 1 aliphatic heterocycles. The van der Waals surface area contributed by atoms with E-state index in [1.165, 1.54) is 18.6 Å². The molecule has 3 heterocycles. The van der Waals surface area contributed by atoms with Crippen molar-refractivity contribution in [2.75, 3.05) is 18.0 Å². The molecule has 2 aromatic rings. The van der Waals surface area contributed by atoms with Gasteiger partial charge in [0.05, 0.1) is 18.3 Å². The fraction of sp³-hybridized carbons (Fsp3) is 0.526. The third-order valence-electron chi connectivity index (χ3n) is 4.59. The first-order chi connectivity index (χ1) is 14.0. The minimum Gasteiger partial charge on any atom is -0.444 e. The predicted molar refractivity (Wildman–Crippen MR) is 108 cm³/mol. The lowest BCUT2D eigenvalue weighted by atomic mass is 10.00. The van der Waals surface area contributed by atoms with Crippen molar-refractivity contribution in [2.45, 2.75) is 51.5 Å². The van der Waals surface area contributed by atoms with Gasteiger partial charge in [0.2, 0.25) is 0 Å². The van der Waals surface area contributed by atoms with Gasteiger partial charge in [-0.2, -0.15) is 13.9 Å². The first-order valence-electron chi connectivity index (χ1n) is 9.44. The average Bonchev–Trinajstić information content (AvgIpc) is 3.12. The lowest BCUT2D eigenvalue weighted by Crippen LogP contribution is -2.55. The van der Waals surface area contributed by atoms with Gasteiger partial charge in [-0.15, -0.1) is 0 Å². The van der Waals surface area contributed by atoms with Crippen LogP contribution in [-0.4, -0.2) is 56.8 Å². The second-order valence-electron chi connectivity index (χ2n) is 8.07. The van der Waals surface area contributed by atoms with Gasteiger partial charge >= 0.3 is 12.6 Å². The monoisotopic (exact) mass is 443 g/mol. The highest BCUT2D eigenvalue weighted by Crippen LogP contribution is 2.34. The number of aliphatic hydroxyl groups is 1. The highest BCUT2D eigenvalue weighted by atomic mass is 35.5. The Hall–Kier alpha value is -2.46. The van der Waals surface area contributed by atoms with Crippen LogP contribution in [0, 0.1) is 0 Å². The van der Waals surface area contributed by atoms with Crippen LogP contribution in [0.5, 0.6) is 0 Å². The third kappa shape index (κ3) is 5.37. The number of ether oxygens (including phenoxy) is 1. The molecule has 0 bridgehead atoms. The number of nitrogens with zero attached hydrogens (tertiary/aromatic N) is 4. The van der Waals surface area contributed by atoms with E-state index < -0.39 is 30.4 Å². The van der Waals surface area contributed by atoms with E-state index in [2.05, 4.69) is 15.4 Å². The van der Waals surface area contributed by atoms with Gasteiger partial charge in [0.25, 0.3) is 0 Å². The normalized spacial score (nSPS) is 19.8. The maximum absolute atomic E-state index is 12.9. The topological polar surface area (TPSA) is 92.5 Å². The number of rotatable bonds is 4. The van der Waals surface area contributed by atoms with Crippen molar-refractivity contribution in [2.24, 2.45) is 0 Å². The molecule has 0 aliphatic carbocycles. The van der Waals surface area contributed by atoms with Gasteiger partial charge in [0, 0.05) is 42.3 Å². The van der Waals surface area contributed by atoms with E-state index in [4.69, 9.17) is 16.3 Å². The Labute approximate surface area is 177 Å². The molecule has 1 aliphatic rings. The molecule has 8 nitrogen and oxygen atoms in total. The molecule has 2 atom stereocenters. The summed E-state index contributed by atoms with van der Waals surface area (Å²) in [4.78, 5) is 17.9. The van der Waals surface area contributed by atoms with E-state index >= 15 is 0 Å². The number of β-amino-alcohol motifs (C(OH)–C–C–N with tert-alkyl or cyclic N) is 1. The number of carbonyl (C=O) groups is 1. The van der Waals surface area contributed by atoms with Crippen molar-refractivity contribution in [3.8, 4) is 11.1 Å². The summed E-state index contributed by atoms with van der Waals surface area (Å²) in [6.45, 7) is 3.23. The predicted octanol–water partition coefficient (Wildman–Crippen LogP) is 3.46. The summed E-state index contributed by atoms with van der Waals surface area (Å²) in [6.07, 6.45) is 3.04. The van der Waals surface area contributed by atoms with Crippen LogP contribution in [-0.2, 0) is 4.74 Å². The fourth-order valence-corrected chi connectivity index (χ4v) is 3.42. The molecule has 2 N–H and O–H groups in total. The Balaban J connectivity index is 1.76. The van der Waals surface area contributed by atoms with Gasteiger partial charge in [-0.1, -0.05) is 11.6 Å². The van der Waals surface area contributed by atoms with Crippen molar-refractivity contribution in [3.63, 3.8) is 0 Å². The minimum atomic E-state index is -2.75. The Kier molecular flexibility index (Phi) is 6.47. The highest BCUT2D eigenvalue weighted by molar-refractivity contribution is 6.29. The maximum atomic E-state index is 12.9. The fourth-order valence-electron chi connectivity index (χ4n) is 3.27. The molecule has 2 aromatic heterocycles. The minimum absolute atomic E-state index is 0.205. The van der Waals surface area contributed by atoms with E-state index in [1.807, 2.05) is 4.90 Å². The first-order valence-corrected chi connectivity index (χ1v) is 9.82. The van der Waals surface area contributed by atoms with Crippen LogP contribution >= 0.6 is 11.6 Å². The smallest absolute Gasteiger partial charge is 0.407 e. The number of anilines is 1. The molecule has 11 heteroatoms. The van der Waals surface area contributed by atoms with E-state index in [0.29, 0.717) is 34.5 Å². The lowest BCUT2D eigenvalue weighted by molar-refractivity contribution is 0.0402. The van der Waals surface area contributed by atoms with E-state index in [-0.39, 0.29) is 11.7 Å². The molecular formula is C19H24ClF2N5O3. The molecule has 164 valence electrons. The summed E-state index contributed by atoms with van der Waals surface area (Å²) < 4.78 is 31.6. The molecular weight excluding hydrogens is 420 g/mol. The third-order valence-corrected chi connectivity index (χ3v) is 4.79. The number of hydrogen-bond donors (Lipinski definition) is 2. The Bertz CT molecular complexity index is 903. The van der Waals surface area contributed by atoms with Crippen LogP contribution in [0.15, 0.2) is 24.7 Å². The van der Waals surface area contributed by atoms with Crippen LogP contribution in [0.4, 0.5) is 19.3 Å².